The molecule has 0 fully saturated rings. The fourth-order valence-electron chi connectivity index (χ4n) is 2.31. The molecule has 0 radical (unpaired) electrons. The maximum atomic E-state index is 5.31. The van der Waals surface area contributed by atoms with E-state index in [0.717, 1.165) is 18.8 Å². The molecule has 0 aliphatic carbocycles. The second-order valence-corrected chi connectivity index (χ2v) is 5.26. The molecule has 1 aromatic carbocycles. The summed E-state index contributed by atoms with van der Waals surface area (Å²) >= 11 is 0. The summed E-state index contributed by atoms with van der Waals surface area (Å²) < 4.78 is 5.31. The molecule has 2 heterocycles. The Bertz CT molecular complexity index is 767. The molecule has 3 aromatic rings. The van der Waals surface area contributed by atoms with Gasteiger partial charge in [0.05, 0.1) is 12.4 Å². The highest BCUT2D eigenvalue weighted by atomic mass is 16.5. The molecule has 6 heteroatoms. The van der Waals surface area contributed by atoms with Crippen molar-refractivity contribution in [1.29, 1.82) is 0 Å². The van der Waals surface area contributed by atoms with Gasteiger partial charge in [-0.05, 0) is 31.4 Å². The van der Waals surface area contributed by atoms with E-state index in [1.54, 1.807) is 12.4 Å². The standard InChI is InChI=1S/C17H19N5O/c1-3-18-15-11-19-14(10-20-15)17-21-16(23-22-17)9-8-13-7-5-4-6-12(13)2/h4-7,10-11H,3,8-9H2,1-2H3,(H,18,20). The molecule has 0 saturated heterocycles. The smallest absolute Gasteiger partial charge is 0.227 e. The van der Waals surface area contributed by atoms with Crippen LogP contribution in [0.4, 0.5) is 5.82 Å². The van der Waals surface area contributed by atoms with E-state index in [2.05, 4.69) is 44.5 Å². The Morgan fingerprint density at radius 2 is 1.96 bits per heavy atom. The van der Waals surface area contributed by atoms with Crippen molar-refractivity contribution in [2.45, 2.75) is 26.7 Å². The summed E-state index contributed by atoms with van der Waals surface area (Å²) in [5.41, 5.74) is 3.18. The van der Waals surface area contributed by atoms with Crippen molar-refractivity contribution in [2.24, 2.45) is 0 Å². The molecule has 0 aliphatic heterocycles. The van der Waals surface area contributed by atoms with Crippen molar-refractivity contribution in [3.8, 4) is 11.5 Å². The van der Waals surface area contributed by atoms with Gasteiger partial charge in [0.2, 0.25) is 11.7 Å². The molecular formula is C17H19N5O. The Morgan fingerprint density at radius 3 is 2.70 bits per heavy atom. The van der Waals surface area contributed by atoms with Gasteiger partial charge >= 0.3 is 0 Å². The van der Waals surface area contributed by atoms with Crippen molar-refractivity contribution < 1.29 is 4.52 Å². The first-order chi connectivity index (χ1) is 11.3. The summed E-state index contributed by atoms with van der Waals surface area (Å²) in [7, 11) is 0. The summed E-state index contributed by atoms with van der Waals surface area (Å²) in [6.45, 7) is 4.92. The predicted octanol–water partition coefficient (Wildman–Crippen LogP) is 3.05. The summed E-state index contributed by atoms with van der Waals surface area (Å²) in [6.07, 6.45) is 4.90. The third-order valence-corrected chi connectivity index (χ3v) is 3.58. The summed E-state index contributed by atoms with van der Waals surface area (Å²) in [5.74, 6) is 1.82. The summed E-state index contributed by atoms with van der Waals surface area (Å²) in [5, 5.41) is 7.09. The second-order valence-electron chi connectivity index (χ2n) is 5.26. The van der Waals surface area contributed by atoms with Crippen LogP contribution in [-0.4, -0.2) is 26.7 Å². The zero-order valence-corrected chi connectivity index (χ0v) is 13.3. The number of benzene rings is 1. The van der Waals surface area contributed by atoms with Crippen molar-refractivity contribution in [3.05, 3.63) is 53.7 Å². The van der Waals surface area contributed by atoms with Crippen LogP contribution in [-0.2, 0) is 12.8 Å². The van der Waals surface area contributed by atoms with Gasteiger partial charge < -0.3 is 9.84 Å². The zero-order chi connectivity index (χ0) is 16.1. The number of hydrogen-bond acceptors (Lipinski definition) is 6. The molecule has 6 nitrogen and oxygen atoms in total. The molecular weight excluding hydrogens is 290 g/mol. The third kappa shape index (κ3) is 3.71. The second kappa shape index (κ2) is 7.00. The van der Waals surface area contributed by atoms with Crippen LogP contribution in [0.5, 0.6) is 0 Å². The van der Waals surface area contributed by atoms with Crippen molar-refractivity contribution in [3.63, 3.8) is 0 Å². The summed E-state index contributed by atoms with van der Waals surface area (Å²) in [6, 6.07) is 8.32. The number of nitrogens with zero attached hydrogens (tertiary/aromatic N) is 4. The fraction of sp³-hybridized carbons (Fsp3) is 0.294. The third-order valence-electron chi connectivity index (χ3n) is 3.58. The topological polar surface area (TPSA) is 76.7 Å². The number of aromatic nitrogens is 4. The van der Waals surface area contributed by atoms with Gasteiger partial charge in [-0.25, -0.2) is 9.97 Å². The maximum Gasteiger partial charge on any atom is 0.227 e. The Hall–Kier alpha value is -2.76. The molecule has 0 unspecified atom stereocenters. The molecule has 0 saturated carbocycles. The van der Waals surface area contributed by atoms with Gasteiger partial charge in [-0.2, -0.15) is 4.98 Å². The van der Waals surface area contributed by atoms with E-state index < -0.39 is 0 Å². The summed E-state index contributed by atoms with van der Waals surface area (Å²) in [4.78, 5) is 13.0. The zero-order valence-electron chi connectivity index (χ0n) is 13.3. The Morgan fingerprint density at radius 1 is 1.09 bits per heavy atom. The highest BCUT2D eigenvalue weighted by Crippen LogP contribution is 2.15. The van der Waals surface area contributed by atoms with Gasteiger partial charge in [0.25, 0.3) is 0 Å². The van der Waals surface area contributed by atoms with E-state index in [1.165, 1.54) is 11.1 Å². The molecule has 0 bridgehead atoms. The predicted molar refractivity (Wildman–Crippen MR) is 88.1 cm³/mol. The van der Waals surface area contributed by atoms with Gasteiger partial charge in [-0.3, -0.25) is 0 Å². The number of anilines is 1. The van der Waals surface area contributed by atoms with Crippen molar-refractivity contribution in [1.82, 2.24) is 20.1 Å². The molecule has 0 amide bonds. The Balaban J connectivity index is 1.67. The van der Waals surface area contributed by atoms with Crippen LogP contribution >= 0.6 is 0 Å². The number of hydrogen-bond donors (Lipinski definition) is 1. The lowest BCUT2D eigenvalue weighted by molar-refractivity contribution is 0.378. The van der Waals surface area contributed by atoms with Gasteiger partial charge in [0.15, 0.2) is 0 Å². The normalized spacial score (nSPS) is 10.7. The minimum absolute atomic E-state index is 0.473. The molecule has 118 valence electrons. The molecule has 23 heavy (non-hydrogen) atoms. The maximum absolute atomic E-state index is 5.31. The van der Waals surface area contributed by atoms with Crippen LogP contribution < -0.4 is 5.32 Å². The minimum atomic E-state index is 0.473. The minimum Gasteiger partial charge on any atom is -0.369 e. The highest BCUT2D eigenvalue weighted by Gasteiger charge is 2.11. The Kier molecular flexibility index (Phi) is 4.61. The lowest BCUT2D eigenvalue weighted by atomic mass is 10.0. The van der Waals surface area contributed by atoms with Crippen LogP contribution in [0.1, 0.15) is 23.9 Å². The SMILES string of the molecule is CCNc1cnc(-c2noc(CCc3ccccc3C)n2)cn1. The van der Waals surface area contributed by atoms with E-state index in [1.807, 2.05) is 19.1 Å². The van der Waals surface area contributed by atoms with Crippen LogP contribution in [0, 0.1) is 6.92 Å². The molecule has 3 rings (SSSR count). The van der Waals surface area contributed by atoms with Crippen molar-refractivity contribution in [2.75, 3.05) is 11.9 Å². The van der Waals surface area contributed by atoms with Crippen LogP contribution in [0.2, 0.25) is 0 Å². The fourth-order valence-corrected chi connectivity index (χ4v) is 2.31. The number of aryl methyl sites for hydroxylation is 3. The van der Waals surface area contributed by atoms with Gasteiger partial charge in [0.1, 0.15) is 11.5 Å². The van der Waals surface area contributed by atoms with Crippen LogP contribution in [0.3, 0.4) is 0 Å². The highest BCUT2D eigenvalue weighted by molar-refractivity contribution is 5.48. The first kappa shape index (κ1) is 15.1. The average Bonchev–Trinajstić information content (AvgIpc) is 3.04. The van der Waals surface area contributed by atoms with Gasteiger partial charge in [0, 0.05) is 13.0 Å². The average molecular weight is 309 g/mol. The van der Waals surface area contributed by atoms with E-state index in [4.69, 9.17) is 4.52 Å². The van der Waals surface area contributed by atoms with E-state index in [-0.39, 0.29) is 0 Å². The monoisotopic (exact) mass is 309 g/mol. The number of rotatable bonds is 6. The lowest BCUT2D eigenvalue weighted by Gasteiger charge is -2.02. The lowest BCUT2D eigenvalue weighted by Crippen LogP contribution is -2.00. The van der Waals surface area contributed by atoms with E-state index in [9.17, 15) is 0 Å². The Labute approximate surface area is 135 Å². The molecule has 2 aromatic heterocycles. The van der Waals surface area contributed by atoms with Gasteiger partial charge in [-0.15, -0.1) is 0 Å². The quantitative estimate of drug-likeness (QED) is 0.754. The van der Waals surface area contributed by atoms with E-state index in [0.29, 0.717) is 23.8 Å². The van der Waals surface area contributed by atoms with Crippen molar-refractivity contribution >= 4 is 5.82 Å². The molecule has 0 aliphatic rings. The largest absolute Gasteiger partial charge is 0.369 e. The first-order valence-electron chi connectivity index (χ1n) is 7.69. The van der Waals surface area contributed by atoms with Gasteiger partial charge in [-0.1, -0.05) is 29.4 Å². The number of nitrogens with one attached hydrogen (secondary N) is 1. The molecule has 0 atom stereocenters. The van der Waals surface area contributed by atoms with Crippen LogP contribution in [0.25, 0.3) is 11.5 Å². The van der Waals surface area contributed by atoms with Crippen LogP contribution in [0.15, 0.2) is 41.2 Å². The first-order valence-corrected chi connectivity index (χ1v) is 7.69. The molecule has 1 N–H and O–H groups in total. The molecule has 0 spiro atoms. The van der Waals surface area contributed by atoms with E-state index >= 15 is 0 Å².